The SMILES string of the molecule is CC(C)n1c(CN2CCC[C@@H](C(=O)NCCc3ccccc3)C2)nc2ccccc21. The van der Waals surface area contributed by atoms with Crippen LogP contribution in [0.25, 0.3) is 11.0 Å². The lowest BCUT2D eigenvalue weighted by Gasteiger charge is -2.32. The van der Waals surface area contributed by atoms with Crippen LogP contribution < -0.4 is 5.32 Å². The highest BCUT2D eigenvalue weighted by Crippen LogP contribution is 2.24. The van der Waals surface area contributed by atoms with Gasteiger partial charge in [-0.25, -0.2) is 4.98 Å². The van der Waals surface area contributed by atoms with Crippen molar-refractivity contribution in [1.29, 1.82) is 0 Å². The van der Waals surface area contributed by atoms with E-state index in [0.29, 0.717) is 12.6 Å². The molecule has 0 aliphatic carbocycles. The first kappa shape index (κ1) is 20.6. The summed E-state index contributed by atoms with van der Waals surface area (Å²) in [6.45, 7) is 7.73. The fourth-order valence-corrected chi connectivity index (χ4v) is 4.51. The van der Waals surface area contributed by atoms with Crippen LogP contribution >= 0.6 is 0 Å². The molecule has 0 unspecified atom stereocenters. The van der Waals surface area contributed by atoms with Crippen molar-refractivity contribution >= 4 is 16.9 Å². The molecule has 2 aromatic carbocycles. The molecule has 5 nitrogen and oxygen atoms in total. The van der Waals surface area contributed by atoms with E-state index in [0.717, 1.165) is 50.2 Å². The Labute approximate surface area is 179 Å². The predicted molar refractivity (Wildman–Crippen MR) is 121 cm³/mol. The first-order valence-corrected chi connectivity index (χ1v) is 11.1. The number of fused-ring (bicyclic) bond motifs is 1. The second-order valence-electron chi connectivity index (χ2n) is 8.58. The van der Waals surface area contributed by atoms with Crippen molar-refractivity contribution in [3.63, 3.8) is 0 Å². The van der Waals surface area contributed by atoms with Crippen LogP contribution in [0.3, 0.4) is 0 Å². The van der Waals surface area contributed by atoms with Crippen LogP contribution in [0.4, 0.5) is 0 Å². The lowest BCUT2D eigenvalue weighted by atomic mass is 9.97. The van der Waals surface area contributed by atoms with Gasteiger partial charge in [-0.2, -0.15) is 0 Å². The van der Waals surface area contributed by atoms with E-state index in [2.05, 4.69) is 59.0 Å². The van der Waals surface area contributed by atoms with E-state index in [4.69, 9.17) is 4.98 Å². The minimum absolute atomic E-state index is 0.0615. The van der Waals surface area contributed by atoms with Gasteiger partial charge >= 0.3 is 0 Å². The molecule has 0 bridgehead atoms. The molecule has 0 spiro atoms. The zero-order valence-corrected chi connectivity index (χ0v) is 18.1. The number of amides is 1. The van der Waals surface area contributed by atoms with Gasteiger partial charge in [0.25, 0.3) is 0 Å². The number of hydrogen-bond donors (Lipinski definition) is 1. The molecule has 30 heavy (non-hydrogen) atoms. The van der Waals surface area contributed by atoms with Crippen molar-refractivity contribution < 1.29 is 4.79 Å². The molecule has 0 saturated carbocycles. The molecule has 1 atom stereocenters. The van der Waals surface area contributed by atoms with Crippen LogP contribution in [0.15, 0.2) is 54.6 Å². The average molecular weight is 405 g/mol. The van der Waals surface area contributed by atoms with Gasteiger partial charge in [-0.3, -0.25) is 9.69 Å². The summed E-state index contributed by atoms with van der Waals surface area (Å²) < 4.78 is 2.33. The molecule has 158 valence electrons. The Balaban J connectivity index is 1.37. The van der Waals surface area contributed by atoms with Crippen LogP contribution in [0.1, 0.15) is 44.1 Å². The Morgan fingerprint density at radius 1 is 1.13 bits per heavy atom. The number of nitrogens with one attached hydrogen (secondary N) is 1. The quantitative estimate of drug-likeness (QED) is 0.642. The topological polar surface area (TPSA) is 50.2 Å². The minimum atomic E-state index is 0.0615. The fraction of sp³-hybridized carbons (Fsp3) is 0.440. The van der Waals surface area contributed by atoms with Gasteiger partial charge in [0.2, 0.25) is 5.91 Å². The zero-order valence-electron chi connectivity index (χ0n) is 18.1. The number of nitrogens with zero attached hydrogens (tertiary/aromatic N) is 3. The maximum absolute atomic E-state index is 12.7. The Hall–Kier alpha value is -2.66. The molecule has 4 rings (SSSR count). The Morgan fingerprint density at radius 3 is 2.70 bits per heavy atom. The summed E-state index contributed by atoms with van der Waals surface area (Å²) in [5.41, 5.74) is 3.50. The van der Waals surface area contributed by atoms with Gasteiger partial charge in [-0.15, -0.1) is 0 Å². The number of hydrogen-bond acceptors (Lipinski definition) is 3. The van der Waals surface area contributed by atoms with Crippen molar-refractivity contribution in [3.8, 4) is 0 Å². The summed E-state index contributed by atoms with van der Waals surface area (Å²) in [4.78, 5) is 20.0. The maximum atomic E-state index is 12.7. The molecular formula is C25H32N4O. The third kappa shape index (κ3) is 4.73. The number of aromatic nitrogens is 2. The number of para-hydroxylation sites is 2. The standard InChI is InChI=1S/C25H32N4O/c1-19(2)29-23-13-7-6-12-22(23)27-24(29)18-28-16-8-11-21(17-28)25(30)26-15-14-20-9-4-3-5-10-20/h3-7,9-10,12-13,19,21H,8,11,14-18H2,1-2H3,(H,26,30)/t21-/m1/s1. The highest BCUT2D eigenvalue weighted by Gasteiger charge is 2.27. The fourth-order valence-electron chi connectivity index (χ4n) is 4.51. The van der Waals surface area contributed by atoms with Crippen molar-refractivity contribution in [3.05, 3.63) is 66.0 Å². The van der Waals surface area contributed by atoms with E-state index in [1.165, 1.54) is 11.1 Å². The maximum Gasteiger partial charge on any atom is 0.224 e. The van der Waals surface area contributed by atoms with Gasteiger partial charge in [-0.05, 0) is 57.4 Å². The summed E-state index contributed by atoms with van der Waals surface area (Å²) in [7, 11) is 0. The Morgan fingerprint density at radius 2 is 1.90 bits per heavy atom. The van der Waals surface area contributed by atoms with Crippen LogP contribution in [0, 0.1) is 5.92 Å². The number of rotatable bonds is 7. The normalized spacial score (nSPS) is 17.5. The van der Waals surface area contributed by atoms with E-state index >= 15 is 0 Å². The number of carbonyl (C=O) groups excluding carboxylic acids is 1. The molecule has 2 heterocycles. The molecule has 1 fully saturated rings. The van der Waals surface area contributed by atoms with E-state index in [-0.39, 0.29) is 11.8 Å². The molecular weight excluding hydrogens is 372 g/mol. The molecule has 1 saturated heterocycles. The molecule has 5 heteroatoms. The zero-order chi connectivity index (χ0) is 20.9. The third-order valence-corrected chi connectivity index (χ3v) is 5.98. The first-order valence-electron chi connectivity index (χ1n) is 11.1. The van der Waals surface area contributed by atoms with E-state index in [9.17, 15) is 4.79 Å². The molecule has 1 amide bonds. The van der Waals surface area contributed by atoms with Gasteiger partial charge < -0.3 is 9.88 Å². The number of benzene rings is 2. The largest absolute Gasteiger partial charge is 0.355 e. The number of imidazole rings is 1. The Kier molecular flexibility index (Phi) is 6.48. The second-order valence-corrected chi connectivity index (χ2v) is 8.58. The molecule has 1 aliphatic heterocycles. The van der Waals surface area contributed by atoms with Crippen LogP contribution in [-0.2, 0) is 17.8 Å². The summed E-state index contributed by atoms with van der Waals surface area (Å²) in [5, 5.41) is 3.15. The van der Waals surface area contributed by atoms with Gasteiger partial charge in [0.05, 0.1) is 23.5 Å². The van der Waals surface area contributed by atoms with E-state index in [1.807, 2.05) is 24.3 Å². The third-order valence-electron chi connectivity index (χ3n) is 5.98. The van der Waals surface area contributed by atoms with Crippen LogP contribution in [0.5, 0.6) is 0 Å². The van der Waals surface area contributed by atoms with Crippen molar-refractivity contribution in [2.45, 2.75) is 45.7 Å². The second kappa shape index (κ2) is 9.43. The predicted octanol–water partition coefficient (Wildman–Crippen LogP) is 4.19. The van der Waals surface area contributed by atoms with Crippen molar-refractivity contribution in [1.82, 2.24) is 19.8 Å². The highest BCUT2D eigenvalue weighted by atomic mass is 16.1. The molecule has 3 aromatic rings. The van der Waals surface area contributed by atoms with Crippen LogP contribution in [-0.4, -0.2) is 40.0 Å². The minimum Gasteiger partial charge on any atom is -0.355 e. The van der Waals surface area contributed by atoms with Gasteiger partial charge in [0.1, 0.15) is 5.82 Å². The number of likely N-dealkylation sites (tertiary alicyclic amines) is 1. The smallest absolute Gasteiger partial charge is 0.224 e. The van der Waals surface area contributed by atoms with Gasteiger partial charge in [-0.1, -0.05) is 42.5 Å². The lowest BCUT2D eigenvalue weighted by Crippen LogP contribution is -2.43. The number of piperidine rings is 1. The molecule has 1 aromatic heterocycles. The summed E-state index contributed by atoms with van der Waals surface area (Å²) >= 11 is 0. The first-order chi connectivity index (χ1) is 14.6. The average Bonchev–Trinajstić information content (AvgIpc) is 3.12. The van der Waals surface area contributed by atoms with E-state index in [1.54, 1.807) is 0 Å². The number of carbonyl (C=O) groups is 1. The molecule has 1 N–H and O–H groups in total. The Bertz CT molecular complexity index is 979. The molecule has 1 aliphatic rings. The summed E-state index contributed by atoms with van der Waals surface area (Å²) in [5.74, 6) is 1.34. The van der Waals surface area contributed by atoms with Gasteiger partial charge in [0, 0.05) is 19.1 Å². The highest BCUT2D eigenvalue weighted by molar-refractivity contribution is 5.79. The van der Waals surface area contributed by atoms with Crippen molar-refractivity contribution in [2.75, 3.05) is 19.6 Å². The molecule has 0 radical (unpaired) electrons. The summed E-state index contributed by atoms with van der Waals surface area (Å²) in [6, 6.07) is 19.0. The van der Waals surface area contributed by atoms with Crippen molar-refractivity contribution in [2.24, 2.45) is 5.92 Å². The summed E-state index contributed by atoms with van der Waals surface area (Å²) in [6.07, 6.45) is 2.90. The van der Waals surface area contributed by atoms with E-state index < -0.39 is 0 Å². The van der Waals surface area contributed by atoms with Crippen LogP contribution in [0.2, 0.25) is 0 Å². The monoisotopic (exact) mass is 404 g/mol. The lowest BCUT2D eigenvalue weighted by molar-refractivity contribution is -0.126. The van der Waals surface area contributed by atoms with Gasteiger partial charge in [0.15, 0.2) is 0 Å².